The van der Waals surface area contributed by atoms with Crippen LogP contribution >= 0.6 is 0 Å². The van der Waals surface area contributed by atoms with Gasteiger partial charge in [0.25, 0.3) is 0 Å². The van der Waals surface area contributed by atoms with E-state index in [0.29, 0.717) is 30.3 Å². The Labute approximate surface area is 207 Å². The van der Waals surface area contributed by atoms with Crippen molar-refractivity contribution < 1.29 is 4.79 Å². The van der Waals surface area contributed by atoms with Crippen molar-refractivity contribution >= 4 is 23.8 Å². The van der Waals surface area contributed by atoms with E-state index in [2.05, 4.69) is 67.4 Å². The summed E-state index contributed by atoms with van der Waals surface area (Å²) in [5.41, 5.74) is 2.39. The standard InChI is InChI=1S/C27H35N7O/c1-19(21-11-7-4-8-12-21)17-30-26-32-25(28-2)33-27(34-26)31-23-15-13-22(14-16-23)24(35)29-18-20-9-5-3-6-10-20/h3-12,19,22-23H,13-18H2,1-2H3,(H,29,35)(H3,28,30,31,32,33,34). The summed E-state index contributed by atoms with van der Waals surface area (Å²) in [6, 6.07) is 20.6. The minimum Gasteiger partial charge on any atom is -0.357 e. The zero-order chi connectivity index (χ0) is 24.5. The first-order valence-corrected chi connectivity index (χ1v) is 12.4. The number of nitrogens with zero attached hydrogens (tertiary/aromatic N) is 3. The van der Waals surface area contributed by atoms with Gasteiger partial charge < -0.3 is 21.3 Å². The number of hydrogen-bond acceptors (Lipinski definition) is 7. The van der Waals surface area contributed by atoms with E-state index < -0.39 is 0 Å². The normalized spacial score (nSPS) is 18.3. The van der Waals surface area contributed by atoms with Gasteiger partial charge in [0.05, 0.1) is 0 Å². The lowest BCUT2D eigenvalue weighted by atomic mass is 9.85. The van der Waals surface area contributed by atoms with E-state index >= 15 is 0 Å². The average Bonchev–Trinajstić information content (AvgIpc) is 2.91. The van der Waals surface area contributed by atoms with E-state index in [1.54, 1.807) is 7.05 Å². The fourth-order valence-corrected chi connectivity index (χ4v) is 4.39. The first kappa shape index (κ1) is 24.4. The van der Waals surface area contributed by atoms with Crippen LogP contribution in [0.1, 0.15) is 49.7 Å². The summed E-state index contributed by atoms with van der Waals surface area (Å²) in [7, 11) is 1.80. The Bertz CT molecular complexity index is 1070. The summed E-state index contributed by atoms with van der Waals surface area (Å²) < 4.78 is 0. The minimum absolute atomic E-state index is 0.0553. The van der Waals surface area contributed by atoms with E-state index in [4.69, 9.17) is 0 Å². The number of aromatic nitrogens is 3. The average molecular weight is 474 g/mol. The zero-order valence-electron chi connectivity index (χ0n) is 20.5. The summed E-state index contributed by atoms with van der Waals surface area (Å²) >= 11 is 0. The third-order valence-electron chi connectivity index (χ3n) is 6.53. The molecule has 8 nitrogen and oxygen atoms in total. The Balaban J connectivity index is 1.27. The maximum atomic E-state index is 12.6. The summed E-state index contributed by atoms with van der Waals surface area (Å²) in [6.45, 7) is 3.48. The molecule has 1 aliphatic rings. The molecule has 1 aliphatic carbocycles. The topological polar surface area (TPSA) is 104 Å². The second-order valence-corrected chi connectivity index (χ2v) is 9.15. The molecule has 0 radical (unpaired) electrons. The number of hydrogen-bond donors (Lipinski definition) is 4. The fraction of sp³-hybridized carbons (Fsp3) is 0.407. The molecule has 1 atom stereocenters. The van der Waals surface area contributed by atoms with Crippen molar-refractivity contribution in [2.45, 2.75) is 51.1 Å². The van der Waals surface area contributed by atoms with Gasteiger partial charge in [-0.1, -0.05) is 67.6 Å². The van der Waals surface area contributed by atoms with E-state index in [1.807, 2.05) is 36.4 Å². The van der Waals surface area contributed by atoms with E-state index in [-0.39, 0.29) is 17.9 Å². The predicted molar refractivity (Wildman–Crippen MR) is 140 cm³/mol. The smallest absolute Gasteiger partial charge is 0.229 e. The van der Waals surface area contributed by atoms with Crippen molar-refractivity contribution in [1.82, 2.24) is 20.3 Å². The number of anilines is 3. The Hall–Kier alpha value is -3.68. The van der Waals surface area contributed by atoms with Gasteiger partial charge >= 0.3 is 0 Å². The third kappa shape index (κ3) is 7.15. The minimum atomic E-state index is 0.0553. The van der Waals surface area contributed by atoms with Gasteiger partial charge in [-0.15, -0.1) is 0 Å². The van der Waals surface area contributed by atoms with E-state index in [9.17, 15) is 4.79 Å². The molecule has 2 aromatic carbocycles. The molecule has 4 rings (SSSR count). The van der Waals surface area contributed by atoms with Crippen molar-refractivity contribution in [3.8, 4) is 0 Å². The Kier molecular flexibility index (Phi) is 8.48. The van der Waals surface area contributed by atoms with Crippen molar-refractivity contribution in [2.75, 3.05) is 29.5 Å². The molecule has 1 unspecified atom stereocenters. The number of rotatable bonds is 10. The maximum absolute atomic E-state index is 12.6. The van der Waals surface area contributed by atoms with Crippen LogP contribution in [0, 0.1) is 5.92 Å². The first-order valence-electron chi connectivity index (χ1n) is 12.4. The van der Waals surface area contributed by atoms with Crippen molar-refractivity contribution in [1.29, 1.82) is 0 Å². The summed E-state index contributed by atoms with van der Waals surface area (Å²) in [5, 5.41) is 12.9. The van der Waals surface area contributed by atoms with Gasteiger partial charge in [-0.05, 0) is 42.7 Å². The molecule has 35 heavy (non-hydrogen) atoms. The van der Waals surface area contributed by atoms with Crippen molar-refractivity contribution in [3.05, 3.63) is 71.8 Å². The molecule has 1 fully saturated rings. The Morgan fingerprint density at radius 3 is 2.20 bits per heavy atom. The number of carbonyl (C=O) groups excluding carboxylic acids is 1. The van der Waals surface area contributed by atoms with Crippen LogP contribution in [0.5, 0.6) is 0 Å². The molecular formula is C27H35N7O. The van der Waals surface area contributed by atoms with Gasteiger partial charge in [0.15, 0.2) is 0 Å². The van der Waals surface area contributed by atoms with Gasteiger partial charge in [-0.25, -0.2) is 0 Å². The highest BCUT2D eigenvalue weighted by molar-refractivity contribution is 5.78. The highest BCUT2D eigenvalue weighted by Crippen LogP contribution is 2.27. The maximum Gasteiger partial charge on any atom is 0.229 e. The van der Waals surface area contributed by atoms with Crippen LogP contribution in [0.3, 0.4) is 0 Å². The lowest BCUT2D eigenvalue weighted by Gasteiger charge is -2.28. The van der Waals surface area contributed by atoms with Crippen molar-refractivity contribution in [3.63, 3.8) is 0 Å². The molecule has 8 heteroatoms. The van der Waals surface area contributed by atoms with Crippen molar-refractivity contribution in [2.24, 2.45) is 5.92 Å². The third-order valence-corrected chi connectivity index (χ3v) is 6.53. The quantitative estimate of drug-likeness (QED) is 0.346. The van der Waals surface area contributed by atoms with Crippen LogP contribution < -0.4 is 21.3 Å². The number of amides is 1. The largest absolute Gasteiger partial charge is 0.357 e. The molecule has 1 saturated carbocycles. The van der Waals surface area contributed by atoms with Crippen LogP contribution in [0.4, 0.5) is 17.8 Å². The van der Waals surface area contributed by atoms with Crippen LogP contribution in [-0.2, 0) is 11.3 Å². The second kappa shape index (κ2) is 12.1. The number of carbonyl (C=O) groups is 1. The second-order valence-electron chi connectivity index (χ2n) is 9.15. The molecule has 0 saturated heterocycles. The molecule has 0 aliphatic heterocycles. The molecule has 1 amide bonds. The highest BCUT2D eigenvalue weighted by atomic mass is 16.1. The number of benzene rings is 2. The van der Waals surface area contributed by atoms with E-state index in [1.165, 1.54) is 5.56 Å². The molecule has 3 aromatic rings. The molecule has 0 bridgehead atoms. The monoisotopic (exact) mass is 473 g/mol. The highest BCUT2D eigenvalue weighted by Gasteiger charge is 2.26. The van der Waals surface area contributed by atoms with Crippen LogP contribution in [0.25, 0.3) is 0 Å². The first-order chi connectivity index (χ1) is 17.1. The Morgan fingerprint density at radius 2 is 1.51 bits per heavy atom. The van der Waals surface area contributed by atoms with Crippen LogP contribution in [0.15, 0.2) is 60.7 Å². The molecule has 4 N–H and O–H groups in total. The van der Waals surface area contributed by atoms with Crippen LogP contribution in [-0.4, -0.2) is 40.5 Å². The van der Waals surface area contributed by atoms with Gasteiger partial charge in [0.2, 0.25) is 23.8 Å². The molecule has 0 spiro atoms. The fourth-order valence-electron chi connectivity index (χ4n) is 4.39. The van der Waals surface area contributed by atoms with Gasteiger partial charge in [0.1, 0.15) is 0 Å². The molecule has 1 heterocycles. The number of nitrogens with one attached hydrogen (secondary N) is 4. The SMILES string of the molecule is CNc1nc(NCC(C)c2ccccc2)nc(NC2CCC(C(=O)NCc3ccccc3)CC2)n1. The van der Waals surface area contributed by atoms with Gasteiger partial charge in [-0.3, -0.25) is 4.79 Å². The summed E-state index contributed by atoms with van der Waals surface area (Å²) in [6.07, 6.45) is 3.50. The Morgan fingerprint density at radius 1 is 0.886 bits per heavy atom. The summed E-state index contributed by atoms with van der Waals surface area (Å²) in [4.78, 5) is 26.1. The molecule has 1 aromatic heterocycles. The lowest BCUT2D eigenvalue weighted by Crippen LogP contribution is -2.36. The molecular weight excluding hydrogens is 438 g/mol. The summed E-state index contributed by atoms with van der Waals surface area (Å²) in [5.74, 6) is 2.14. The predicted octanol–water partition coefficient (Wildman–Crippen LogP) is 4.42. The van der Waals surface area contributed by atoms with E-state index in [0.717, 1.165) is 37.8 Å². The molecule has 184 valence electrons. The van der Waals surface area contributed by atoms with Gasteiger partial charge in [0, 0.05) is 32.1 Å². The van der Waals surface area contributed by atoms with Gasteiger partial charge in [-0.2, -0.15) is 15.0 Å². The van der Waals surface area contributed by atoms with Crippen LogP contribution in [0.2, 0.25) is 0 Å². The zero-order valence-corrected chi connectivity index (χ0v) is 20.5. The lowest BCUT2D eigenvalue weighted by molar-refractivity contribution is -0.126.